The van der Waals surface area contributed by atoms with Crippen LogP contribution in [-0.2, 0) is 4.79 Å². The van der Waals surface area contributed by atoms with Crippen LogP contribution in [0.3, 0.4) is 0 Å². The van der Waals surface area contributed by atoms with Gasteiger partial charge in [0.2, 0.25) is 5.91 Å². The summed E-state index contributed by atoms with van der Waals surface area (Å²) in [4.78, 5) is 25.4. The maximum absolute atomic E-state index is 12.3. The van der Waals surface area contributed by atoms with Gasteiger partial charge in [0.1, 0.15) is 17.6 Å². The molecule has 1 fully saturated rings. The Morgan fingerprint density at radius 1 is 1.53 bits per heavy atom. The third-order valence-electron chi connectivity index (χ3n) is 3.03. The lowest BCUT2D eigenvalue weighted by Crippen LogP contribution is -2.55. The summed E-state index contributed by atoms with van der Waals surface area (Å²) in [5.74, 6) is 1.06. The Balaban J connectivity index is 2.25. The molecule has 1 N–H and O–H groups in total. The molecule has 1 aliphatic heterocycles. The van der Waals surface area contributed by atoms with Crippen LogP contribution < -0.4 is 5.32 Å². The van der Waals surface area contributed by atoms with Crippen LogP contribution in [0.2, 0.25) is 0 Å². The first-order valence-electron chi connectivity index (χ1n) is 5.66. The first kappa shape index (κ1) is 11.7. The topological polar surface area (TPSA) is 62.6 Å². The van der Waals surface area contributed by atoms with Crippen LogP contribution in [0.25, 0.3) is 0 Å². The summed E-state index contributed by atoms with van der Waals surface area (Å²) in [6, 6.07) is 1.29. The monoisotopic (exact) mass is 236 g/mol. The van der Waals surface area contributed by atoms with E-state index >= 15 is 0 Å². The van der Waals surface area contributed by atoms with Crippen molar-refractivity contribution in [2.75, 3.05) is 13.1 Å². The zero-order valence-corrected chi connectivity index (χ0v) is 10.2. The van der Waals surface area contributed by atoms with Gasteiger partial charge in [-0.15, -0.1) is 0 Å². The van der Waals surface area contributed by atoms with Crippen molar-refractivity contribution < 1.29 is 14.0 Å². The van der Waals surface area contributed by atoms with E-state index in [0.29, 0.717) is 30.2 Å². The van der Waals surface area contributed by atoms with Gasteiger partial charge in [-0.3, -0.25) is 9.59 Å². The lowest BCUT2D eigenvalue weighted by Gasteiger charge is -2.32. The summed E-state index contributed by atoms with van der Waals surface area (Å²) in [5.41, 5.74) is 0.545. The van der Waals surface area contributed by atoms with E-state index in [2.05, 4.69) is 5.32 Å². The molecule has 0 aromatic carbocycles. The Morgan fingerprint density at radius 3 is 2.82 bits per heavy atom. The molecule has 92 valence electrons. The second-order valence-corrected chi connectivity index (χ2v) is 4.29. The molecular formula is C12H16N2O3. The highest BCUT2D eigenvalue weighted by molar-refractivity contribution is 5.98. The van der Waals surface area contributed by atoms with Gasteiger partial charge in [0, 0.05) is 13.1 Å². The van der Waals surface area contributed by atoms with Crippen LogP contribution >= 0.6 is 0 Å². The maximum Gasteiger partial charge on any atom is 0.258 e. The molecule has 2 amide bonds. The summed E-state index contributed by atoms with van der Waals surface area (Å²) < 4.78 is 5.34. The van der Waals surface area contributed by atoms with Crippen LogP contribution in [0.4, 0.5) is 0 Å². The first-order chi connectivity index (χ1) is 8.00. The number of furan rings is 1. The number of nitrogens with zero attached hydrogens (tertiary/aromatic N) is 1. The average molecular weight is 236 g/mol. The third-order valence-corrected chi connectivity index (χ3v) is 3.03. The van der Waals surface area contributed by atoms with E-state index in [-0.39, 0.29) is 11.8 Å². The molecule has 0 aliphatic carbocycles. The third kappa shape index (κ3) is 2.05. The highest BCUT2D eigenvalue weighted by Gasteiger charge is 2.31. The molecule has 1 aliphatic rings. The number of aryl methyl sites for hydroxylation is 2. The minimum absolute atomic E-state index is 0.109. The number of carbonyl (C=O) groups excluding carboxylic acids is 2. The Bertz CT molecular complexity index is 464. The quantitative estimate of drug-likeness (QED) is 0.786. The van der Waals surface area contributed by atoms with Crippen molar-refractivity contribution >= 4 is 11.8 Å². The van der Waals surface area contributed by atoms with Gasteiger partial charge in [-0.1, -0.05) is 0 Å². The lowest BCUT2D eigenvalue weighted by atomic mass is 10.1. The van der Waals surface area contributed by atoms with Gasteiger partial charge in [0.15, 0.2) is 0 Å². The van der Waals surface area contributed by atoms with E-state index in [1.54, 1.807) is 31.7 Å². The number of carbonyl (C=O) groups is 2. The molecule has 17 heavy (non-hydrogen) atoms. The van der Waals surface area contributed by atoms with E-state index in [1.807, 2.05) is 0 Å². The van der Waals surface area contributed by atoms with Crippen molar-refractivity contribution in [3.05, 3.63) is 23.2 Å². The van der Waals surface area contributed by atoms with Crippen molar-refractivity contribution in [1.82, 2.24) is 10.2 Å². The standard InChI is InChI=1S/C12H16N2O3/c1-7-6-10(9(3)17-7)12(16)14-5-4-13-11(15)8(14)2/h6,8H,4-5H2,1-3H3,(H,13,15). The number of hydrogen-bond acceptors (Lipinski definition) is 3. The Morgan fingerprint density at radius 2 is 2.24 bits per heavy atom. The number of nitrogens with one attached hydrogen (secondary N) is 1. The van der Waals surface area contributed by atoms with Gasteiger partial charge < -0.3 is 14.6 Å². The molecule has 0 bridgehead atoms. The van der Waals surface area contributed by atoms with Crippen molar-refractivity contribution in [1.29, 1.82) is 0 Å². The smallest absolute Gasteiger partial charge is 0.258 e. The number of rotatable bonds is 1. The van der Waals surface area contributed by atoms with E-state index in [9.17, 15) is 9.59 Å². The van der Waals surface area contributed by atoms with Crippen molar-refractivity contribution in [2.45, 2.75) is 26.8 Å². The zero-order chi connectivity index (χ0) is 12.6. The van der Waals surface area contributed by atoms with E-state index in [4.69, 9.17) is 4.42 Å². The summed E-state index contributed by atoms with van der Waals surface area (Å²) in [6.45, 7) is 6.33. The van der Waals surface area contributed by atoms with Gasteiger partial charge in [0.05, 0.1) is 5.56 Å². The second kappa shape index (κ2) is 4.24. The van der Waals surface area contributed by atoms with E-state index in [1.165, 1.54) is 0 Å². The molecule has 1 atom stereocenters. The van der Waals surface area contributed by atoms with Crippen molar-refractivity contribution in [2.24, 2.45) is 0 Å². The minimum atomic E-state index is -0.425. The Hall–Kier alpha value is -1.78. The molecular weight excluding hydrogens is 220 g/mol. The molecule has 1 aromatic heterocycles. The number of amides is 2. The van der Waals surface area contributed by atoms with Crippen molar-refractivity contribution in [3.8, 4) is 0 Å². The second-order valence-electron chi connectivity index (χ2n) is 4.29. The van der Waals surface area contributed by atoms with Crippen LogP contribution in [0.1, 0.15) is 28.8 Å². The SMILES string of the molecule is Cc1cc(C(=O)N2CCNC(=O)C2C)c(C)o1. The first-order valence-corrected chi connectivity index (χ1v) is 5.66. The van der Waals surface area contributed by atoms with Gasteiger partial charge in [-0.2, -0.15) is 0 Å². The lowest BCUT2D eigenvalue weighted by molar-refractivity contribution is -0.127. The Kier molecular flexibility index (Phi) is 2.92. The number of hydrogen-bond donors (Lipinski definition) is 1. The van der Waals surface area contributed by atoms with Gasteiger partial charge in [-0.25, -0.2) is 0 Å². The maximum atomic E-state index is 12.3. The molecule has 5 nitrogen and oxygen atoms in total. The van der Waals surface area contributed by atoms with Crippen LogP contribution in [-0.4, -0.2) is 35.8 Å². The normalized spacial score (nSPS) is 20.3. The predicted molar refractivity (Wildman–Crippen MR) is 61.7 cm³/mol. The molecule has 0 spiro atoms. The molecule has 1 saturated heterocycles. The van der Waals surface area contributed by atoms with Gasteiger partial charge in [0.25, 0.3) is 5.91 Å². The van der Waals surface area contributed by atoms with Crippen LogP contribution in [0.15, 0.2) is 10.5 Å². The minimum Gasteiger partial charge on any atom is -0.466 e. The fourth-order valence-corrected chi connectivity index (χ4v) is 2.06. The molecule has 2 rings (SSSR count). The number of piperazine rings is 1. The van der Waals surface area contributed by atoms with Crippen LogP contribution in [0, 0.1) is 13.8 Å². The molecule has 5 heteroatoms. The largest absolute Gasteiger partial charge is 0.466 e. The van der Waals surface area contributed by atoms with E-state index in [0.717, 1.165) is 0 Å². The van der Waals surface area contributed by atoms with Gasteiger partial charge in [-0.05, 0) is 26.8 Å². The molecule has 2 heterocycles. The molecule has 0 saturated carbocycles. The van der Waals surface area contributed by atoms with Gasteiger partial charge >= 0.3 is 0 Å². The fourth-order valence-electron chi connectivity index (χ4n) is 2.06. The van der Waals surface area contributed by atoms with E-state index < -0.39 is 6.04 Å². The summed E-state index contributed by atoms with van der Waals surface area (Å²) >= 11 is 0. The molecule has 0 radical (unpaired) electrons. The molecule has 1 unspecified atom stereocenters. The van der Waals surface area contributed by atoms with Crippen LogP contribution in [0.5, 0.6) is 0 Å². The summed E-state index contributed by atoms with van der Waals surface area (Å²) in [5, 5.41) is 2.73. The highest BCUT2D eigenvalue weighted by Crippen LogP contribution is 2.18. The predicted octanol–water partition coefficient (Wildman–Crippen LogP) is 0.857. The molecule has 1 aromatic rings. The highest BCUT2D eigenvalue weighted by atomic mass is 16.3. The fraction of sp³-hybridized carbons (Fsp3) is 0.500. The Labute approximate surface area is 99.8 Å². The zero-order valence-electron chi connectivity index (χ0n) is 10.2. The summed E-state index contributed by atoms with van der Waals surface area (Å²) in [6.07, 6.45) is 0. The van der Waals surface area contributed by atoms with Crippen molar-refractivity contribution in [3.63, 3.8) is 0 Å². The average Bonchev–Trinajstić information content (AvgIpc) is 2.61. The summed E-state index contributed by atoms with van der Waals surface area (Å²) in [7, 11) is 0.